The Morgan fingerprint density at radius 2 is 1.70 bits per heavy atom. The van der Waals surface area contributed by atoms with Crippen LogP contribution in [0.2, 0.25) is 0 Å². The molecule has 0 fully saturated rings. The standard InChI is InChI=1S/C11H7F3N2O3S/c12-6-3-8(14)9(4-7(6)13)16-20(18,19)11-5-15-2-1-10(11)17/h1-5,16H,(H,15,17). The molecule has 0 aliphatic rings. The van der Waals surface area contributed by atoms with Crippen molar-refractivity contribution in [2.45, 2.75) is 4.90 Å². The van der Waals surface area contributed by atoms with Crippen LogP contribution in [-0.4, -0.2) is 13.4 Å². The molecule has 0 atom stereocenters. The Morgan fingerprint density at radius 1 is 1.05 bits per heavy atom. The summed E-state index contributed by atoms with van der Waals surface area (Å²) in [4.78, 5) is 13.1. The van der Waals surface area contributed by atoms with Gasteiger partial charge in [-0.15, -0.1) is 0 Å². The number of sulfonamides is 1. The average molecular weight is 304 g/mol. The monoisotopic (exact) mass is 304 g/mol. The quantitative estimate of drug-likeness (QED) is 0.845. The van der Waals surface area contributed by atoms with Crippen molar-refractivity contribution in [2.75, 3.05) is 4.72 Å². The topological polar surface area (TPSA) is 79.0 Å². The van der Waals surface area contributed by atoms with Crippen LogP contribution >= 0.6 is 0 Å². The molecule has 20 heavy (non-hydrogen) atoms. The number of aromatic nitrogens is 1. The van der Waals surface area contributed by atoms with Crippen molar-refractivity contribution in [3.8, 4) is 0 Å². The number of hydrogen-bond donors (Lipinski definition) is 2. The van der Waals surface area contributed by atoms with Crippen LogP contribution in [0.3, 0.4) is 0 Å². The molecule has 1 aromatic heterocycles. The molecular weight excluding hydrogens is 297 g/mol. The van der Waals surface area contributed by atoms with E-state index in [1.165, 1.54) is 6.20 Å². The average Bonchev–Trinajstić information content (AvgIpc) is 2.36. The first-order chi connectivity index (χ1) is 9.31. The lowest BCUT2D eigenvalue weighted by Crippen LogP contribution is -2.21. The van der Waals surface area contributed by atoms with Crippen molar-refractivity contribution in [3.63, 3.8) is 0 Å². The van der Waals surface area contributed by atoms with Crippen LogP contribution in [0, 0.1) is 17.5 Å². The van der Waals surface area contributed by atoms with Gasteiger partial charge in [0.05, 0.1) is 5.69 Å². The van der Waals surface area contributed by atoms with Crippen molar-refractivity contribution in [1.82, 2.24) is 4.98 Å². The second-order valence-electron chi connectivity index (χ2n) is 3.72. The van der Waals surface area contributed by atoms with E-state index < -0.39 is 43.5 Å². The Bertz CT molecular complexity index is 818. The predicted octanol–water partition coefficient (Wildman–Crippen LogP) is 1.59. The third-order valence-electron chi connectivity index (χ3n) is 2.33. The summed E-state index contributed by atoms with van der Waals surface area (Å²) in [7, 11) is -4.42. The van der Waals surface area contributed by atoms with Gasteiger partial charge in [-0.25, -0.2) is 21.6 Å². The Balaban J connectivity index is 2.47. The van der Waals surface area contributed by atoms with Gasteiger partial charge in [-0.3, -0.25) is 9.52 Å². The normalized spacial score (nSPS) is 11.3. The first kappa shape index (κ1) is 14.1. The molecule has 0 spiro atoms. The van der Waals surface area contributed by atoms with Crippen LogP contribution in [-0.2, 0) is 10.0 Å². The molecule has 0 saturated carbocycles. The maximum absolute atomic E-state index is 13.4. The second kappa shape index (κ2) is 5.00. The lowest BCUT2D eigenvalue weighted by Gasteiger charge is -2.08. The molecule has 2 rings (SSSR count). The van der Waals surface area contributed by atoms with Gasteiger partial charge >= 0.3 is 0 Å². The molecule has 1 aromatic carbocycles. The molecule has 0 radical (unpaired) electrons. The van der Waals surface area contributed by atoms with Crippen molar-refractivity contribution < 1.29 is 21.6 Å². The third kappa shape index (κ3) is 2.67. The Kier molecular flexibility index (Phi) is 3.53. The van der Waals surface area contributed by atoms with E-state index in [9.17, 15) is 26.4 Å². The highest BCUT2D eigenvalue weighted by Gasteiger charge is 2.20. The lowest BCUT2D eigenvalue weighted by molar-refractivity contribution is 0.496. The molecular formula is C11H7F3N2O3S. The van der Waals surface area contributed by atoms with Crippen LogP contribution in [0.5, 0.6) is 0 Å². The minimum absolute atomic E-state index is 0.197. The zero-order valence-corrected chi connectivity index (χ0v) is 10.5. The highest BCUT2D eigenvalue weighted by atomic mass is 32.2. The summed E-state index contributed by atoms with van der Waals surface area (Å²) in [5, 5.41) is 0. The maximum atomic E-state index is 13.4. The molecule has 2 aromatic rings. The van der Waals surface area contributed by atoms with Crippen molar-refractivity contribution >= 4 is 15.7 Å². The van der Waals surface area contributed by atoms with Crippen LogP contribution in [0.15, 0.2) is 40.3 Å². The molecule has 2 N–H and O–H groups in total. The number of H-pyrrole nitrogens is 1. The van der Waals surface area contributed by atoms with Gasteiger partial charge in [-0.1, -0.05) is 0 Å². The first-order valence-corrected chi connectivity index (χ1v) is 6.64. The van der Waals surface area contributed by atoms with Crippen molar-refractivity contribution in [3.05, 3.63) is 58.3 Å². The van der Waals surface area contributed by atoms with Gasteiger partial charge in [-0.05, 0) is 0 Å². The highest BCUT2D eigenvalue weighted by molar-refractivity contribution is 7.92. The molecule has 106 valence electrons. The summed E-state index contributed by atoms with van der Waals surface area (Å²) in [6.07, 6.45) is 2.10. The fraction of sp³-hybridized carbons (Fsp3) is 0. The molecule has 1 heterocycles. The highest BCUT2D eigenvalue weighted by Crippen LogP contribution is 2.20. The van der Waals surface area contributed by atoms with E-state index in [1.807, 2.05) is 0 Å². The fourth-order valence-electron chi connectivity index (χ4n) is 1.41. The molecule has 0 unspecified atom stereocenters. The molecule has 0 saturated heterocycles. The van der Waals surface area contributed by atoms with E-state index in [-0.39, 0.29) is 6.07 Å². The van der Waals surface area contributed by atoms with E-state index in [0.29, 0.717) is 6.07 Å². The second-order valence-corrected chi connectivity index (χ2v) is 5.38. The fourth-order valence-corrected chi connectivity index (χ4v) is 2.52. The largest absolute Gasteiger partial charge is 0.366 e. The van der Waals surface area contributed by atoms with Crippen LogP contribution in [0.4, 0.5) is 18.9 Å². The van der Waals surface area contributed by atoms with Gasteiger partial charge in [0, 0.05) is 30.6 Å². The van der Waals surface area contributed by atoms with Gasteiger partial charge in [0.15, 0.2) is 16.5 Å². The Labute approximate surface area is 111 Å². The molecule has 0 bridgehead atoms. The van der Waals surface area contributed by atoms with Crippen LogP contribution in [0.1, 0.15) is 0 Å². The molecule has 0 aliphatic heterocycles. The Morgan fingerprint density at radius 3 is 2.35 bits per heavy atom. The number of aromatic amines is 1. The number of hydrogen-bond acceptors (Lipinski definition) is 3. The molecule has 0 aliphatic carbocycles. The number of pyridine rings is 1. The number of rotatable bonds is 3. The van der Waals surface area contributed by atoms with Gasteiger partial charge in [0.2, 0.25) is 5.43 Å². The lowest BCUT2D eigenvalue weighted by atomic mass is 10.3. The minimum atomic E-state index is -4.42. The summed E-state index contributed by atoms with van der Waals surface area (Å²) in [6.45, 7) is 0. The van der Waals surface area contributed by atoms with Gasteiger partial charge in [-0.2, -0.15) is 0 Å². The van der Waals surface area contributed by atoms with E-state index in [1.54, 1.807) is 4.72 Å². The van der Waals surface area contributed by atoms with Crippen molar-refractivity contribution in [2.24, 2.45) is 0 Å². The smallest absolute Gasteiger partial charge is 0.267 e. The number of nitrogens with one attached hydrogen (secondary N) is 2. The van der Waals surface area contributed by atoms with E-state index >= 15 is 0 Å². The van der Waals surface area contributed by atoms with E-state index in [2.05, 4.69) is 4.98 Å². The van der Waals surface area contributed by atoms with Gasteiger partial charge in [0.1, 0.15) is 5.82 Å². The van der Waals surface area contributed by atoms with E-state index in [0.717, 1.165) is 12.3 Å². The minimum Gasteiger partial charge on any atom is -0.366 e. The number of halogens is 3. The summed E-state index contributed by atoms with van der Waals surface area (Å²) >= 11 is 0. The summed E-state index contributed by atoms with van der Waals surface area (Å²) in [5.41, 5.74) is -1.63. The van der Waals surface area contributed by atoms with Gasteiger partial charge in [0.25, 0.3) is 10.0 Å². The van der Waals surface area contributed by atoms with Crippen molar-refractivity contribution in [1.29, 1.82) is 0 Å². The van der Waals surface area contributed by atoms with Crippen LogP contribution in [0.25, 0.3) is 0 Å². The molecule has 5 nitrogen and oxygen atoms in total. The maximum Gasteiger partial charge on any atom is 0.267 e. The third-order valence-corrected chi connectivity index (χ3v) is 3.72. The molecule has 0 amide bonds. The summed E-state index contributed by atoms with van der Waals surface area (Å²) in [6, 6.07) is 1.50. The predicted molar refractivity (Wildman–Crippen MR) is 64.2 cm³/mol. The number of benzene rings is 1. The Hall–Kier alpha value is -2.29. The number of anilines is 1. The van der Waals surface area contributed by atoms with E-state index in [4.69, 9.17) is 0 Å². The first-order valence-electron chi connectivity index (χ1n) is 5.16. The summed E-state index contributed by atoms with van der Waals surface area (Å²) < 4.78 is 64.5. The summed E-state index contributed by atoms with van der Waals surface area (Å²) in [5.74, 6) is -4.19. The molecule has 9 heteroatoms. The zero-order valence-electron chi connectivity index (χ0n) is 9.65. The zero-order chi connectivity index (χ0) is 14.9. The van der Waals surface area contributed by atoms with Crippen LogP contribution < -0.4 is 10.2 Å². The van der Waals surface area contributed by atoms with Gasteiger partial charge < -0.3 is 4.98 Å². The SMILES string of the molecule is O=c1cc[nH]cc1S(=O)(=O)Nc1cc(F)c(F)cc1F.